The fourth-order valence-corrected chi connectivity index (χ4v) is 1.85. The van der Waals surface area contributed by atoms with Crippen LogP contribution < -0.4 is 10.5 Å². The molecule has 0 aliphatic carbocycles. The lowest BCUT2D eigenvalue weighted by Gasteiger charge is -2.20. The molecule has 2 aromatic rings. The van der Waals surface area contributed by atoms with Crippen LogP contribution in [-0.2, 0) is 4.74 Å². The molecule has 0 bridgehead atoms. The number of carbonyl (C=O) groups is 1. The summed E-state index contributed by atoms with van der Waals surface area (Å²) in [5, 5.41) is 8.81. The highest BCUT2D eigenvalue weighted by Gasteiger charge is 2.21. The molecule has 5 nitrogen and oxygen atoms in total. The molecule has 2 rings (SSSR count). The van der Waals surface area contributed by atoms with Gasteiger partial charge in [-0.25, -0.2) is 4.79 Å². The summed E-state index contributed by atoms with van der Waals surface area (Å²) in [6, 6.07) is 13.4. The summed E-state index contributed by atoms with van der Waals surface area (Å²) in [6.07, 6.45) is 0. The lowest BCUT2D eigenvalue weighted by molar-refractivity contribution is 0.00672. The number of carbonyl (C=O) groups excluding carboxylic acids is 1. The Balaban J connectivity index is 2.31. The van der Waals surface area contributed by atoms with E-state index in [-0.39, 0.29) is 5.56 Å². The van der Waals surface area contributed by atoms with Gasteiger partial charge in [0.25, 0.3) is 0 Å². The highest BCUT2D eigenvalue weighted by atomic mass is 16.6. The van der Waals surface area contributed by atoms with Crippen LogP contribution in [0.3, 0.4) is 0 Å². The fraction of sp³-hybridized carbons (Fsp3) is 0.222. The van der Waals surface area contributed by atoms with Gasteiger partial charge in [-0.1, -0.05) is 0 Å². The standard InChI is InChI=1S/C18H18N2O3/c1-18(2,3)23-17(21)15-10-13(20)6-9-16(15)22-14-7-4-12(11-19)5-8-14/h4-10H,20H2,1-3H3. The van der Waals surface area contributed by atoms with E-state index < -0.39 is 11.6 Å². The second-order valence-corrected chi connectivity index (χ2v) is 6.00. The molecule has 0 atom stereocenters. The Morgan fingerprint density at radius 1 is 1.13 bits per heavy atom. The third kappa shape index (κ3) is 4.48. The number of hydrogen-bond acceptors (Lipinski definition) is 5. The molecule has 0 amide bonds. The molecule has 0 fully saturated rings. The van der Waals surface area contributed by atoms with E-state index >= 15 is 0 Å². The summed E-state index contributed by atoms with van der Waals surface area (Å²) >= 11 is 0. The molecule has 0 heterocycles. The van der Waals surface area contributed by atoms with Gasteiger partial charge in [-0.15, -0.1) is 0 Å². The summed E-state index contributed by atoms with van der Waals surface area (Å²) in [7, 11) is 0. The molecular weight excluding hydrogens is 292 g/mol. The van der Waals surface area contributed by atoms with Gasteiger partial charge >= 0.3 is 5.97 Å². The zero-order chi connectivity index (χ0) is 17.0. The number of nitrogen functional groups attached to an aromatic ring is 1. The summed E-state index contributed by atoms with van der Waals surface area (Å²) < 4.78 is 11.1. The highest BCUT2D eigenvalue weighted by Crippen LogP contribution is 2.29. The summed E-state index contributed by atoms with van der Waals surface area (Å²) in [4.78, 5) is 12.3. The van der Waals surface area contributed by atoms with Crippen molar-refractivity contribution in [3.8, 4) is 17.6 Å². The first-order valence-corrected chi connectivity index (χ1v) is 7.09. The molecule has 118 valence electrons. The zero-order valence-electron chi connectivity index (χ0n) is 13.3. The van der Waals surface area contributed by atoms with Crippen molar-refractivity contribution in [3.05, 3.63) is 53.6 Å². The van der Waals surface area contributed by atoms with Gasteiger partial charge in [0.2, 0.25) is 0 Å². The van der Waals surface area contributed by atoms with E-state index in [4.69, 9.17) is 20.5 Å². The molecule has 0 aromatic heterocycles. The zero-order valence-corrected chi connectivity index (χ0v) is 13.3. The quantitative estimate of drug-likeness (QED) is 0.686. The number of nitrogens with zero attached hydrogens (tertiary/aromatic N) is 1. The third-order valence-corrected chi connectivity index (χ3v) is 2.83. The number of esters is 1. The van der Waals surface area contributed by atoms with E-state index in [2.05, 4.69) is 0 Å². The van der Waals surface area contributed by atoms with Crippen LogP contribution >= 0.6 is 0 Å². The lowest BCUT2D eigenvalue weighted by Crippen LogP contribution is -2.24. The van der Waals surface area contributed by atoms with Crippen molar-refractivity contribution < 1.29 is 14.3 Å². The molecule has 0 spiro atoms. The van der Waals surface area contributed by atoms with E-state index in [1.807, 2.05) is 6.07 Å². The lowest BCUT2D eigenvalue weighted by atomic mass is 10.1. The van der Waals surface area contributed by atoms with Gasteiger partial charge in [-0.3, -0.25) is 0 Å². The molecule has 0 saturated carbocycles. The van der Waals surface area contributed by atoms with E-state index in [0.717, 1.165) is 0 Å². The number of benzene rings is 2. The van der Waals surface area contributed by atoms with Crippen molar-refractivity contribution in [1.29, 1.82) is 5.26 Å². The Morgan fingerprint density at radius 3 is 2.35 bits per heavy atom. The van der Waals surface area contributed by atoms with Crippen molar-refractivity contribution in [1.82, 2.24) is 0 Å². The second-order valence-electron chi connectivity index (χ2n) is 6.00. The monoisotopic (exact) mass is 310 g/mol. The van der Waals surface area contributed by atoms with Crippen molar-refractivity contribution in [2.45, 2.75) is 26.4 Å². The van der Waals surface area contributed by atoms with Crippen molar-refractivity contribution in [2.24, 2.45) is 0 Å². The number of nitriles is 1. The SMILES string of the molecule is CC(C)(C)OC(=O)c1cc(N)ccc1Oc1ccc(C#N)cc1. The maximum absolute atomic E-state index is 12.3. The maximum Gasteiger partial charge on any atom is 0.342 e. The maximum atomic E-state index is 12.3. The van der Waals surface area contributed by atoms with Crippen molar-refractivity contribution in [3.63, 3.8) is 0 Å². The van der Waals surface area contributed by atoms with Crippen LogP contribution in [0.4, 0.5) is 5.69 Å². The topological polar surface area (TPSA) is 85.3 Å². The van der Waals surface area contributed by atoms with Crippen LogP contribution in [0.2, 0.25) is 0 Å². The Kier molecular flexibility index (Phi) is 4.56. The van der Waals surface area contributed by atoms with Crippen LogP contribution in [0, 0.1) is 11.3 Å². The van der Waals surface area contributed by atoms with Gasteiger partial charge in [0.05, 0.1) is 11.6 Å². The predicted octanol–water partition coefficient (Wildman–Crippen LogP) is 3.89. The summed E-state index contributed by atoms with van der Waals surface area (Å²) in [5.41, 5.74) is 6.37. The smallest absolute Gasteiger partial charge is 0.342 e. The minimum Gasteiger partial charge on any atom is -0.456 e. The largest absolute Gasteiger partial charge is 0.456 e. The number of nitrogens with two attached hydrogens (primary N) is 1. The minimum absolute atomic E-state index is 0.254. The predicted molar refractivity (Wildman–Crippen MR) is 87.3 cm³/mol. The Hall–Kier alpha value is -3.00. The molecule has 0 aliphatic rings. The van der Waals surface area contributed by atoms with E-state index in [1.165, 1.54) is 6.07 Å². The number of anilines is 1. The molecule has 2 aromatic carbocycles. The minimum atomic E-state index is -0.618. The highest BCUT2D eigenvalue weighted by molar-refractivity contribution is 5.94. The molecule has 2 N–H and O–H groups in total. The average molecular weight is 310 g/mol. The normalized spacial score (nSPS) is 10.7. The molecule has 0 radical (unpaired) electrons. The van der Waals surface area contributed by atoms with Crippen LogP contribution in [0.25, 0.3) is 0 Å². The second kappa shape index (κ2) is 6.41. The molecule has 5 heteroatoms. The van der Waals surface area contributed by atoms with E-state index in [9.17, 15) is 4.79 Å². The number of ether oxygens (including phenoxy) is 2. The Labute approximate surface area is 135 Å². The van der Waals surface area contributed by atoms with Gasteiger partial charge in [-0.05, 0) is 63.2 Å². The van der Waals surface area contributed by atoms with Crippen molar-refractivity contribution >= 4 is 11.7 Å². The van der Waals surface area contributed by atoms with Crippen LogP contribution in [0.1, 0.15) is 36.7 Å². The van der Waals surface area contributed by atoms with Crippen molar-refractivity contribution in [2.75, 3.05) is 5.73 Å². The molecule has 0 aliphatic heterocycles. The first-order valence-electron chi connectivity index (χ1n) is 7.09. The Bertz CT molecular complexity index is 753. The fourth-order valence-electron chi connectivity index (χ4n) is 1.85. The average Bonchev–Trinajstić information content (AvgIpc) is 2.48. The molecule has 0 saturated heterocycles. The first kappa shape index (κ1) is 16.4. The summed E-state index contributed by atoms with van der Waals surface area (Å²) in [6.45, 7) is 5.37. The Morgan fingerprint density at radius 2 is 1.78 bits per heavy atom. The van der Waals surface area contributed by atoms with Crippen LogP contribution in [-0.4, -0.2) is 11.6 Å². The van der Waals surface area contributed by atoms with Gasteiger partial charge in [0.15, 0.2) is 0 Å². The van der Waals surface area contributed by atoms with Crippen LogP contribution in [0.15, 0.2) is 42.5 Å². The van der Waals surface area contributed by atoms with Gasteiger partial charge < -0.3 is 15.2 Å². The third-order valence-electron chi connectivity index (χ3n) is 2.83. The number of rotatable bonds is 3. The van der Waals surface area contributed by atoms with Gasteiger partial charge in [0.1, 0.15) is 22.7 Å². The number of hydrogen-bond donors (Lipinski definition) is 1. The van der Waals surface area contributed by atoms with Gasteiger partial charge in [-0.2, -0.15) is 5.26 Å². The van der Waals surface area contributed by atoms with E-state index in [1.54, 1.807) is 57.2 Å². The van der Waals surface area contributed by atoms with E-state index in [0.29, 0.717) is 22.7 Å². The molecular formula is C18H18N2O3. The van der Waals surface area contributed by atoms with Gasteiger partial charge in [0, 0.05) is 5.69 Å². The summed E-state index contributed by atoms with van der Waals surface area (Å²) in [5.74, 6) is 0.352. The molecule has 0 unspecified atom stereocenters. The molecule has 23 heavy (non-hydrogen) atoms. The first-order chi connectivity index (χ1) is 10.8. The van der Waals surface area contributed by atoms with Crippen LogP contribution in [0.5, 0.6) is 11.5 Å².